The number of hydrogen-bond acceptors (Lipinski definition) is 8. The number of thioether (sulfide) groups is 1. The maximum absolute atomic E-state index is 12.4. The molecule has 0 spiro atoms. The van der Waals surface area contributed by atoms with Crippen molar-refractivity contribution in [3.05, 3.63) is 32.8 Å². The van der Waals surface area contributed by atoms with E-state index in [2.05, 4.69) is 33.9 Å². The Bertz CT molecular complexity index is 1020. The zero-order valence-corrected chi connectivity index (χ0v) is 19.1. The van der Waals surface area contributed by atoms with Crippen LogP contribution < -0.4 is 5.32 Å². The number of methoxy groups -OCH3 is 1. The fourth-order valence-electron chi connectivity index (χ4n) is 2.64. The van der Waals surface area contributed by atoms with E-state index >= 15 is 0 Å². The van der Waals surface area contributed by atoms with Gasteiger partial charge in [0.25, 0.3) is 0 Å². The Morgan fingerprint density at radius 3 is 2.62 bits per heavy atom. The maximum Gasteiger partial charge on any atom is 0.340 e. The first-order valence-corrected chi connectivity index (χ1v) is 11.8. The van der Waals surface area contributed by atoms with Gasteiger partial charge >= 0.3 is 5.97 Å². The molecule has 0 aromatic carbocycles. The highest BCUT2D eigenvalue weighted by Gasteiger charge is 2.19. The topological polar surface area (TPSA) is 86.1 Å². The second-order valence-corrected chi connectivity index (χ2v) is 9.23. The molecular weight excluding hydrogens is 428 g/mol. The molecule has 0 atom stereocenters. The number of nitrogens with zero attached hydrogens (tertiary/aromatic N) is 3. The van der Waals surface area contributed by atoms with Gasteiger partial charge in [-0.25, -0.2) is 4.79 Å². The molecular formula is C19H22N4O3S3. The molecule has 0 aliphatic rings. The molecule has 0 saturated heterocycles. The van der Waals surface area contributed by atoms with Crippen LogP contribution in [0.25, 0.3) is 11.4 Å². The average Bonchev–Trinajstić information content (AvgIpc) is 3.44. The van der Waals surface area contributed by atoms with Crippen LogP contribution in [-0.2, 0) is 29.4 Å². The van der Waals surface area contributed by atoms with E-state index in [9.17, 15) is 9.59 Å². The minimum absolute atomic E-state index is 0.162. The van der Waals surface area contributed by atoms with Crippen molar-refractivity contribution in [1.29, 1.82) is 0 Å². The molecule has 3 aromatic rings. The van der Waals surface area contributed by atoms with Crippen molar-refractivity contribution < 1.29 is 14.3 Å². The molecule has 7 nitrogen and oxygen atoms in total. The number of nitrogens with one attached hydrogen (secondary N) is 1. The SMILES string of the molecule is CCc1cc(-c2nnc(SCC(=O)Nc3sc(CC)cc3C(=O)OC)n2C)cs1. The Labute approximate surface area is 181 Å². The standard InChI is InChI=1S/C19H22N4O3S3/c1-5-12-7-11(9-27-12)16-21-22-19(23(16)3)28-10-15(24)20-17-14(18(25)26-4)8-13(6-2)29-17/h7-9H,5-6,10H2,1-4H3,(H,20,24). The van der Waals surface area contributed by atoms with Crippen molar-refractivity contribution in [2.75, 3.05) is 18.2 Å². The van der Waals surface area contributed by atoms with E-state index in [0.29, 0.717) is 15.7 Å². The molecule has 154 valence electrons. The van der Waals surface area contributed by atoms with E-state index in [1.165, 1.54) is 35.1 Å². The summed E-state index contributed by atoms with van der Waals surface area (Å²) in [4.78, 5) is 26.7. The average molecular weight is 451 g/mol. The van der Waals surface area contributed by atoms with Crippen LogP contribution in [0.1, 0.15) is 34.0 Å². The number of hydrogen-bond donors (Lipinski definition) is 1. The number of amides is 1. The summed E-state index contributed by atoms with van der Waals surface area (Å²) in [5, 5.41) is 14.5. The number of rotatable bonds is 8. The summed E-state index contributed by atoms with van der Waals surface area (Å²) >= 11 is 4.39. The van der Waals surface area contributed by atoms with Crippen LogP contribution in [0.3, 0.4) is 0 Å². The van der Waals surface area contributed by atoms with Crippen LogP contribution >= 0.6 is 34.4 Å². The molecule has 0 radical (unpaired) electrons. The van der Waals surface area contributed by atoms with Crippen LogP contribution in [0, 0.1) is 0 Å². The van der Waals surface area contributed by atoms with Crippen molar-refractivity contribution in [1.82, 2.24) is 14.8 Å². The van der Waals surface area contributed by atoms with E-state index in [-0.39, 0.29) is 11.7 Å². The third kappa shape index (κ3) is 4.88. The third-order valence-corrected chi connectivity index (χ3v) is 7.51. The van der Waals surface area contributed by atoms with E-state index in [4.69, 9.17) is 4.74 Å². The quantitative estimate of drug-likeness (QED) is 0.408. The molecule has 0 saturated carbocycles. The van der Waals surface area contributed by atoms with Crippen LogP contribution in [0.15, 0.2) is 22.7 Å². The molecule has 10 heteroatoms. The zero-order valence-electron chi connectivity index (χ0n) is 16.6. The molecule has 0 fully saturated rings. The highest BCUT2D eigenvalue weighted by atomic mass is 32.2. The Balaban J connectivity index is 1.66. The van der Waals surface area contributed by atoms with Crippen molar-refractivity contribution in [3.63, 3.8) is 0 Å². The molecule has 3 heterocycles. The molecule has 0 aliphatic heterocycles. The number of aryl methyl sites for hydroxylation is 2. The number of esters is 1. The summed E-state index contributed by atoms with van der Waals surface area (Å²) < 4.78 is 6.69. The zero-order chi connectivity index (χ0) is 21.0. The Kier molecular flexibility index (Phi) is 7.09. The second kappa shape index (κ2) is 9.55. The lowest BCUT2D eigenvalue weighted by Gasteiger charge is -2.05. The van der Waals surface area contributed by atoms with Crippen molar-refractivity contribution in [2.45, 2.75) is 31.8 Å². The van der Waals surface area contributed by atoms with Gasteiger partial charge in [0.1, 0.15) is 5.00 Å². The van der Waals surface area contributed by atoms with Gasteiger partial charge in [-0.15, -0.1) is 32.9 Å². The summed E-state index contributed by atoms with van der Waals surface area (Å²) in [5.74, 6) is 0.278. The van der Waals surface area contributed by atoms with Gasteiger partial charge in [-0.3, -0.25) is 4.79 Å². The molecule has 0 bridgehead atoms. The van der Waals surface area contributed by atoms with Crippen LogP contribution in [0.5, 0.6) is 0 Å². The minimum atomic E-state index is -0.455. The van der Waals surface area contributed by atoms with Gasteiger partial charge in [0, 0.05) is 27.7 Å². The normalized spacial score (nSPS) is 10.9. The van der Waals surface area contributed by atoms with Gasteiger partial charge in [0.15, 0.2) is 11.0 Å². The fourth-order valence-corrected chi connectivity index (χ4v) is 5.16. The lowest BCUT2D eigenvalue weighted by atomic mass is 10.2. The van der Waals surface area contributed by atoms with Gasteiger partial charge in [0.05, 0.1) is 18.4 Å². The Morgan fingerprint density at radius 1 is 1.21 bits per heavy atom. The van der Waals surface area contributed by atoms with Gasteiger partial charge in [-0.05, 0) is 25.0 Å². The van der Waals surface area contributed by atoms with E-state index in [1.54, 1.807) is 17.4 Å². The Morgan fingerprint density at radius 2 is 1.97 bits per heavy atom. The summed E-state index contributed by atoms with van der Waals surface area (Å²) in [5.41, 5.74) is 1.42. The maximum atomic E-state index is 12.4. The summed E-state index contributed by atoms with van der Waals surface area (Å²) in [6.07, 6.45) is 1.77. The van der Waals surface area contributed by atoms with Gasteiger partial charge < -0.3 is 14.6 Å². The summed E-state index contributed by atoms with van der Waals surface area (Å²) in [7, 11) is 3.22. The molecule has 1 N–H and O–H groups in total. The monoisotopic (exact) mass is 450 g/mol. The molecule has 1 amide bonds. The van der Waals surface area contributed by atoms with Crippen LogP contribution in [-0.4, -0.2) is 39.5 Å². The molecule has 29 heavy (non-hydrogen) atoms. The first-order valence-electron chi connectivity index (χ1n) is 9.07. The van der Waals surface area contributed by atoms with E-state index in [1.807, 2.05) is 18.5 Å². The van der Waals surface area contributed by atoms with Crippen molar-refractivity contribution in [3.8, 4) is 11.4 Å². The van der Waals surface area contributed by atoms with E-state index in [0.717, 1.165) is 29.1 Å². The number of aromatic nitrogens is 3. The third-order valence-electron chi connectivity index (χ3n) is 4.22. The molecule has 3 rings (SSSR count). The number of carbonyl (C=O) groups excluding carboxylic acids is 2. The smallest absolute Gasteiger partial charge is 0.340 e. The summed E-state index contributed by atoms with van der Waals surface area (Å²) in [6, 6.07) is 3.88. The summed E-state index contributed by atoms with van der Waals surface area (Å²) in [6.45, 7) is 4.12. The van der Waals surface area contributed by atoms with Gasteiger partial charge in [0.2, 0.25) is 5.91 Å². The number of anilines is 1. The molecule has 0 unspecified atom stereocenters. The highest BCUT2D eigenvalue weighted by molar-refractivity contribution is 7.99. The largest absolute Gasteiger partial charge is 0.465 e. The lowest BCUT2D eigenvalue weighted by molar-refractivity contribution is -0.113. The minimum Gasteiger partial charge on any atom is -0.465 e. The predicted octanol–water partition coefficient (Wildman–Crippen LogP) is 4.25. The van der Waals surface area contributed by atoms with Crippen LogP contribution in [0.2, 0.25) is 0 Å². The predicted molar refractivity (Wildman–Crippen MR) is 118 cm³/mol. The molecule has 0 aliphatic carbocycles. The first kappa shape index (κ1) is 21.5. The highest BCUT2D eigenvalue weighted by Crippen LogP contribution is 2.30. The number of ether oxygens (including phenoxy) is 1. The van der Waals surface area contributed by atoms with Gasteiger partial charge in [-0.2, -0.15) is 0 Å². The number of thiophene rings is 2. The first-order chi connectivity index (χ1) is 14.0. The Hall–Kier alpha value is -2.17. The van der Waals surface area contributed by atoms with Crippen LogP contribution in [0.4, 0.5) is 5.00 Å². The number of carbonyl (C=O) groups is 2. The van der Waals surface area contributed by atoms with Crippen molar-refractivity contribution in [2.24, 2.45) is 7.05 Å². The van der Waals surface area contributed by atoms with Gasteiger partial charge in [-0.1, -0.05) is 25.6 Å². The van der Waals surface area contributed by atoms with Crippen molar-refractivity contribution >= 4 is 51.3 Å². The second-order valence-electron chi connectivity index (χ2n) is 6.16. The molecule has 3 aromatic heterocycles. The van der Waals surface area contributed by atoms with E-state index < -0.39 is 5.97 Å². The lowest BCUT2D eigenvalue weighted by Crippen LogP contribution is -2.16. The fraction of sp³-hybridized carbons (Fsp3) is 0.368.